The van der Waals surface area contributed by atoms with E-state index in [9.17, 15) is 9.59 Å². The molecule has 0 radical (unpaired) electrons. The quantitative estimate of drug-likeness (QED) is 0.612. The zero-order valence-corrected chi connectivity index (χ0v) is 11.1. The Labute approximate surface area is 112 Å². The Hall–Kier alpha value is -2.10. The molecule has 2 aromatic rings. The molecule has 0 N–H and O–H groups in total. The van der Waals surface area contributed by atoms with Crippen molar-refractivity contribution in [3.05, 3.63) is 36.0 Å². The Morgan fingerprint density at radius 2 is 2.11 bits per heavy atom. The van der Waals surface area contributed by atoms with Crippen molar-refractivity contribution in [1.82, 2.24) is 4.57 Å². The maximum Gasteiger partial charge on any atom is 0.329 e. The van der Waals surface area contributed by atoms with Crippen LogP contribution in [0.25, 0.3) is 10.9 Å². The normalized spacial score (nSPS) is 12.3. The SMILES string of the molecule is CCOC(=O)C(CC)n1cc(C=O)c2ccccc21. The number of hydrogen-bond donors (Lipinski definition) is 0. The molecule has 19 heavy (non-hydrogen) atoms. The monoisotopic (exact) mass is 259 g/mol. The van der Waals surface area contributed by atoms with E-state index >= 15 is 0 Å². The molecule has 1 aromatic carbocycles. The van der Waals surface area contributed by atoms with Gasteiger partial charge in [0.05, 0.1) is 6.61 Å². The summed E-state index contributed by atoms with van der Waals surface area (Å²) in [5.41, 5.74) is 1.47. The summed E-state index contributed by atoms with van der Waals surface area (Å²) in [7, 11) is 0. The molecule has 0 aliphatic carbocycles. The lowest BCUT2D eigenvalue weighted by Gasteiger charge is -2.16. The molecule has 0 fully saturated rings. The lowest BCUT2D eigenvalue weighted by molar-refractivity contribution is -0.147. The highest BCUT2D eigenvalue weighted by atomic mass is 16.5. The number of carbonyl (C=O) groups is 2. The van der Waals surface area contributed by atoms with Gasteiger partial charge in [-0.3, -0.25) is 4.79 Å². The second kappa shape index (κ2) is 5.69. The van der Waals surface area contributed by atoms with Gasteiger partial charge in [-0.1, -0.05) is 25.1 Å². The summed E-state index contributed by atoms with van der Waals surface area (Å²) in [6, 6.07) is 7.17. The van der Waals surface area contributed by atoms with Gasteiger partial charge in [0.15, 0.2) is 6.29 Å². The van der Waals surface area contributed by atoms with Crippen molar-refractivity contribution in [3.63, 3.8) is 0 Å². The van der Waals surface area contributed by atoms with Crippen LogP contribution >= 0.6 is 0 Å². The number of rotatable bonds is 5. The Bertz CT molecular complexity index is 600. The van der Waals surface area contributed by atoms with Crippen molar-refractivity contribution in [2.75, 3.05) is 6.61 Å². The molecule has 4 heteroatoms. The van der Waals surface area contributed by atoms with Gasteiger partial charge in [0.2, 0.25) is 0 Å². The van der Waals surface area contributed by atoms with Crippen molar-refractivity contribution >= 4 is 23.2 Å². The van der Waals surface area contributed by atoms with Crippen LogP contribution in [0, 0.1) is 0 Å². The highest BCUT2D eigenvalue weighted by Crippen LogP contribution is 2.26. The molecule has 1 unspecified atom stereocenters. The molecular weight excluding hydrogens is 242 g/mol. The first-order valence-corrected chi connectivity index (χ1v) is 6.44. The van der Waals surface area contributed by atoms with Crippen LogP contribution in [0.1, 0.15) is 36.7 Å². The Balaban J connectivity index is 2.54. The van der Waals surface area contributed by atoms with Gasteiger partial charge in [-0.15, -0.1) is 0 Å². The summed E-state index contributed by atoms with van der Waals surface area (Å²) in [6.07, 6.45) is 3.16. The fraction of sp³-hybridized carbons (Fsp3) is 0.333. The van der Waals surface area contributed by atoms with E-state index in [0.717, 1.165) is 17.2 Å². The summed E-state index contributed by atoms with van der Waals surface area (Å²) >= 11 is 0. The number of aromatic nitrogens is 1. The Morgan fingerprint density at radius 3 is 2.74 bits per heavy atom. The lowest BCUT2D eigenvalue weighted by atomic mass is 10.2. The van der Waals surface area contributed by atoms with Gasteiger partial charge < -0.3 is 9.30 Å². The molecular formula is C15H17NO3. The van der Waals surface area contributed by atoms with Crippen LogP contribution < -0.4 is 0 Å². The van der Waals surface area contributed by atoms with E-state index in [1.807, 2.05) is 35.8 Å². The number of nitrogens with zero attached hydrogens (tertiary/aromatic N) is 1. The average Bonchev–Trinajstić information content (AvgIpc) is 2.79. The molecule has 100 valence electrons. The van der Waals surface area contributed by atoms with E-state index in [2.05, 4.69) is 0 Å². The van der Waals surface area contributed by atoms with Crippen molar-refractivity contribution in [3.8, 4) is 0 Å². The summed E-state index contributed by atoms with van der Waals surface area (Å²) in [5.74, 6) is -0.261. The smallest absolute Gasteiger partial charge is 0.329 e. The minimum Gasteiger partial charge on any atom is -0.464 e. The first-order valence-electron chi connectivity index (χ1n) is 6.44. The molecule has 2 rings (SSSR count). The third-order valence-corrected chi connectivity index (χ3v) is 3.18. The number of para-hydroxylation sites is 1. The molecule has 0 spiro atoms. The zero-order valence-electron chi connectivity index (χ0n) is 11.1. The van der Waals surface area contributed by atoms with Crippen LogP contribution in [0.5, 0.6) is 0 Å². The predicted molar refractivity (Wildman–Crippen MR) is 73.3 cm³/mol. The lowest BCUT2D eigenvalue weighted by Crippen LogP contribution is -2.20. The third-order valence-electron chi connectivity index (χ3n) is 3.18. The summed E-state index contributed by atoms with van der Waals surface area (Å²) < 4.78 is 6.92. The molecule has 1 heterocycles. The van der Waals surface area contributed by atoms with Crippen molar-refractivity contribution in [2.24, 2.45) is 0 Å². The minimum atomic E-state index is -0.390. The fourth-order valence-corrected chi connectivity index (χ4v) is 2.30. The molecule has 1 atom stereocenters. The van der Waals surface area contributed by atoms with E-state index in [-0.39, 0.29) is 5.97 Å². The summed E-state index contributed by atoms with van der Waals surface area (Å²) in [6.45, 7) is 4.07. The van der Waals surface area contributed by atoms with Crippen LogP contribution in [0.3, 0.4) is 0 Å². The van der Waals surface area contributed by atoms with Gasteiger partial charge in [-0.2, -0.15) is 0 Å². The standard InChI is InChI=1S/C15H17NO3/c1-3-13(15(18)19-4-2)16-9-11(10-17)12-7-5-6-8-14(12)16/h5-10,13H,3-4H2,1-2H3. The van der Waals surface area contributed by atoms with Crippen molar-refractivity contribution in [2.45, 2.75) is 26.3 Å². The third kappa shape index (κ3) is 2.38. The number of benzene rings is 1. The number of ether oxygens (including phenoxy) is 1. The largest absolute Gasteiger partial charge is 0.464 e. The summed E-state index contributed by atoms with van der Waals surface area (Å²) in [4.78, 5) is 23.1. The first kappa shape index (κ1) is 13.3. The van der Waals surface area contributed by atoms with Crippen LogP contribution in [-0.2, 0) is 9.53 Å². The van der Waals surface area contributed by atoms with Gasteiger partial charge in [-0.05, 0) is 19.4 Å². The fourth-order valence-electron chi connectivity index (χ4n) is 2.30. The van der Waals surface area contributed by atoms with Gasteiger partial charge in [0.1, 0.15) is 6.04 Å². The molecule has 0 aliphatic rings. The van der Waals surface area contributed by atoms with Crippen LogP contribution in [-0.4, -0.2) is 23.4 Å². The highest BCUT2D eigenvalue weighted by molar-refractivity contribution is 5.98. The van der Waals surface area contributed by atoms with Gasteiger partial charge in [-0.25, -0.2) is 4.79 Å². The Morgan fingerprint density at radius 1 is 1.37 bits per heavy atom. The predicted octanol–water partition coefficient (Wildman–Crippen LogP) is 2.97. The van der Waals surface area contributed by atoms with Gasteiger partial charge >= 0.3 is 5.97 Å². The van der Waals surface area contributed by atoms with E-state index < -0.39 is 6.04 Å². The molecule has 0 saturated carbocycles. The molecule has 0 amide bonds. The number of esters is 1. The van der Waals surface area contributed by atoms with E-state index in [1.165, 1.54) is 0 Å². The van der Waals surface area contributed by atoms with Crippen LogP contribution in [0.4, 0.5) is 0 Å². The molecule has 0 saturated heterocycles. The molecule has 4 nitrogen and oxygen atoms in total. The number of fused-ring (bicyclic) bond motifs is 1. The highest BCUT2D eigenvalue weighted by Gasteiger charge is 2.22. The van der Waals surface area contributed by atoms with Crippen LogP contribution in [0.2, 0.25) is 0 Å². The molecule has 0 aliphatic heterocycles. The molecule has 1 aromatic heterocycles. The molecule has 0 bridgehead atoms. The number of aldehydes is 1. The topological polar surface area (TPSA) is 48.3 Å². The number of hydrogen-bond acceptors (Lipinski definition) is 3. The first-order chi connectivity index (χ1) is 9.22. The Kier molecular flexibility index (Phi) is 4.00. The maximum absolute atomic E-state index is 12.0. The minimum absolute atomic E-state index is 0.261. The van der Waals surface area contributed by atoms with Crippen molar-refractivity contribution in [1.29, 1.82) is 0 Å². The summed E-state index contributed by atoms with van der Waals surface area (Å²) in [5, 5.41) is 0.861. The maximum atomic E-state index is 12.0. The van der Waals surface area contributed by atoms with E-state index in [1.54, 1.807) is 13.1 Å². The second-order valence-corrected chi connectivity index (χ2v) is 4.30. The number of carbonyl (C=O) groups excluding carboxylic acids is 2. The van der Waals surface area contributed by atoms with E-state index in [4.69, 9.17) is 4.74 Å². The van der Waals surface area contributed by atoms with Gasteiger partial charge in [0, 0.05) is 22.7 Å². The van der Waals surface area contributed by atoms with E-state index in [0.29, 0.717) is 18.6 Å². The van der Waals surface area contributed by atoms with Gasteiger partial charge in [0.25, 0.3) is 0 Å². The average molecular weight is 259 g/mol. The zero-order chi connectivity index (χ0) is 13.8. The van der Waals surface area contributed by atoms with Crippen LogP contribution in [0.15, 0.2) is 30.5 Å². The second-order valence-electron chi connectivity index (χ2n) is 4.30. The van der Waals surface area contributed by atoms with Crippen molar-refractivity contribution < 1.29 is 14.3 Å².